The lowest BCUT2D eigenvalue weighted by Gasteiger charge is -2.13. The second-order valence-electron chi connectivity index (χ2n) is 4.26. The first-order valence-corrected chi connectivity index (χ1v) is 6.23. The minimum atomic E-state index is -0.398. The van der Waals surface area contributed by atoms with Crippen molar-refractivity contribution >= 4 is 17.7 Å². The largest absolute Gasteiger partial charge is 0.354 e. The number of hydrogen-bond acceptors (Lipinski definition) is 4. The van der Waals surface area contributed by atoms with Crippen LogP contribution in [-0.4, -0.2) is 40.7 Å². The van der Waals surface area contributed by atoms with Gasteiger partial charge < -0.3 is 5.32 Å². The minimum Gasteiger partial charge on any atom is -0.354 e. The molecule has 1 N–H and O–H groups in total. The highest BCUT2D eigenvalue weighted by Crippen LogP contribution is 2.19. The van der Waals surface area contributed by atoms with Crippen LogP contribution < -0.4 is 5.32 Å². The first kappa shape index (κ1) is 13.2. The number of amides is 3. The smallest absolute Gasteiger partial charge is 0.280 e. The van der Waals surface area contributed by atoms with Crippen LogP contribution in [0, 0.1) is 0 Å². The Bertz CT molecular complexity index is 493. The van der Waals surface area contributed by atoms with E-state index in [1.54, 1.807) is 12.1 Å². The third kappa shape index (κ3) is 2.62. The Balaban J connectivity index is 1.95. The molecule has 1 aromatic heterocycles. The third-order valence-electron chi connectivity index (χ3n) is 2.87. The van der Waals surface area contributed by atoms with Gasteiger partial charge in [-0.1, -0.05) is 6.92 Å². The Morgan fingerprint density at radius 3 is 2.84 bits per heavy atom. The van der Waals surface area contributed by atoms with E-state index in [1.165, 1.54) is 6.20 Å². The topological polar surface area (TPSA) is 79.4 Å². The summed E-state index contributed by atoms with van der Waals surface area (Å²) in [4.78, 5) is 40.2. The number of rotatable bonds is 5. The number of hydrogen-bond donors (Lipinski definition) is 1. The van der Waals surface area contributed by atoms with Crippen molar-refractivity contribution in [3.63, 3.8) is 0 Å². The molecule has 0 saturated carbocycles. The molecule has 0 aliphatic carbocycles. The summed E-state index contributed by atoms with van der Waals surface area (Å²) in [6.07, 6.45) is 2.70. The Kier molecular flexibility index (Phi) is 3.89. The average Bonchev–Trinajstić information content (AvgIpc) is 2.65. The number of nitrogens with one attached hydrogen (secondary N) is 1. The van der Waals surface area contributed by atoms with Crippen molar-refractivity contribution in [2.45, 2.75) is 19.8 Å². The summed E-state index contributed by atoms with van der Waals surface area (Å²) >= 11 is 0. The van der Waals surface area contributed by atoms with Gasteiger partial charge in [-0.2, -0.15) is 0 Å². The molecule has 0 aromatic carbocycles. The van der Waals surface area contributed by atoms with Crippen LogP contribution in [0.3, 0.4) is 0 Å². The van der Waals surface area contributed by atoms with Gasteiger partial charge in [0.1, 0.15) is 5.69 Å². The average molecular weight is 261 g/mol. The molecule has 2 heterocycles. The summed E-state index contributed by atoms with van der Waals surface area (Å²) < 4.78 is 0. The Morgan fingerprint density at radius 1 is 1.37 bits per heavy atom. The van der Waals surface area contributed by atoms with Gasteiger partial charge in [0, 0.05) is 25.7 Å². The Morgan fingerprint density at radius 2 is 2.16 bits per heavy atom. The lowest BCUT2D eigenvalue weighted by Crippen LogP contribution is -2.38. The number of nitrogens with zero attached hydrogens (tertiary/aromatic N) is 2. The molecule has 2 rings (SSSR count). The SMILES string of the molecule is CCCC(=O)NCCN1C(=O)c2cccnc2C1=O. The summed E-state index contributed by atoms with van der Waals surface area (Å²) in [5.41, 5.74) is 0.514. The van der Waals surface area contributed by atoms with E-state index in [0.29, 0.717) is 12.0 Å². The molecule has 100 valence electrons. The lowest BCUT2D eigenvalue weighted by atomic mass is 10.2. The Hall–Kier alpha value is -2.24. The van der Waals surface area contributed by atoms with Crippen molar-refractivity contribution in [1.82, 2.24) is 15.2 Å². The van der Waals surface area contributed by atoms with Gasteiger partial charge in [-0.25, -0.2) is 0 Å². The highest BCUT2D eigenvalue weighted by Gasteiger charge is 2.36. The van der Waals surface area contributed by atoms with Crippen LogP contribution >= 0.6 is 0 Å². The van der Waals surface area contributed by atoms with E-state index in [1.807, 2.05) is 6.92 Å². The van der Waals surface area contributed by atoms with Gasteiger partial charge in [0.15, 0.2) is 0 Å². The maximum absolute atomic E-state index is 12.0. The van der Waals surface area contributed by atoms with E-state index in [2.05, 4.69) is 10.3 Å². The highest BCUT2D eigenvalue weighted by atomic mass is 16.2. The van der Waals surface area contributed by atoms with Gasteiger partial charge in [0.25, 0.3) is 11.8 Å². The lowest BCUT2D eigenvalue weighted by molar-refractivity contribution is -0.121. The van der Waals surface area contributed by atoms with Crippen LogP contribution in [0.15, 0.2) is 18.3 Å². The van der Waals surface area contributed by atoms with Gasteiger partial charge in [0.2, 0.25) is 5.91 Å². The summed E-state index contributed by atoms with van der Waals surface area (Å²) in [5.74, 6) is -0.819. The van der Waals surface area contributed by atoms with E-state index in [0.717, 1.165) is 11.3 Å². The van der Waals surface area contributed by atoms with Crippen LogP contribution in [0.4, 0.5) is 0 Å². The van der Waals surface area contributed by atoms with E-state index >= 15 is 0 Å². The van der Waals surface area contributed by atoms with Crippen molar-refractivity contribution < 1.29 is 14.4 Å². The van der Waals surface area contributed by atoms with Gasteiger partial charge in [0.05, 0.1) is 5.56 Å². The van der Waals surface area contributed by atoms with Crippen molar-refractivity contribution in [3.8, 4) is 0 Å². The van der Waals surface area contributed by atoms with E-state index < -0.39 is 5.91 Å². The zero-order valence-corrected chi connectivity index (χ0v) is 10.7. The van der Waals surface area contributed by atoms with Crippen LogP contribution in [-0.2, 0) is 4.79 Å². The number of aromatic nitrogens is 1. The predicted octanol–water partition coefficient (Wildman–Crippen LogP) is 0.594. The van der Waals surface area contributed by atoms with Crippen molar-refractivity contribution in [1.29, 1.82) is 0 Å². The first-order valence-electron chi connectivity index (χ1n) is 6.23. The van der Waals surface area contributed by atoms with Gasteiger partial charge in [-0.3, -0.25) is 24.3 Å². The first-order chi connectivity index (χ1) is 9.15. The second-order valence-corrected chi connectivity index (χ2v) is 4.26. The maximum atomic E-state index is 12.0. The summed E-state index contributed by atoms with van der Waals surface area (Å²) in [5, 5.41) is 2.67. The van der Waals surface area contributed by atoms with Gasteiger partial charge in [-0.15, -0.1) is 0 Å². The molecule has 3 amide bonds. The summed E-state index contributed by atoms with van der Waals surface area (Å²) in [7, 11) is 0. The molecule has 1 aromatic rings. The molecule has 1 aliphatic rings. The normalized spacial score (nSPS) is 13.6. The van der Waals surface area contributed by atoms with Crippen molar-refractivity contribution in [2.24, 2.45) is 0 Å². The molecule has 0 atom stereocenters. The summed E-state index contributed by atoms with van der Waals surface area (Å²) in [6, 6.07) is 3.20. The molecule has 0 bridgehead atoms. The molecule has 0 unspecified atom stereocenters. The number of carbonyl (C=O) groups is 3. The fraction of sp³-hybridized carbons (Fsp3) is 0.385. The number of pyridine rings is 1. The van der Waals surface area contributed by atoms with Crippen LogP contribution in [0.1, 0.15) is 40.6 Å². The van der Waals surface area contributed by atoms with E-state index in [-0.39, 0.29) is 30.6 Å². The molecular weight excluding hydrogens is 246 g/mol. The number of carbonyl (C=O) groups excluding carboxylic acids is 3. The maximum Gasteiger partial charge on any atom is 0.280 e. The third-order valence-corrected chi connectivity index (χ3v) is 2.87. The monoisotopic (exact) mass is 261 g/mol. The number of imide groups is 1. The number of fused-ring (bicyclic) bond motifs is 1. The molecular formula is C13H15N3O3. The minimum absolute atomic E-state index is 0.0720. The van der Waals surface area contributed by atoms with Gasteiger partial charge >= 0.3 is 0 Å². The van der Waals surface area contributed by atoms with Crippen molar-refractivity contribution in [2.75, 3.05) is 13.1 Å². The Labute approximate surface area is 110 Å². The zero-order valence-electron chi connectivity index (χ0n) is 10.7. The summed E-state index contributed by atoms with van der Waals surface area (Å²) in [6.45, 7) is 2.35. The fourth-order valence-corrected chi connectivity index (χ4v) is 1.94. The van der Waals surface area contributed by atoms with E-state index in [9.17, 15) is 14.4 Å². The molecule has 6 nitrogen and oxygen atoms in total. The quantitative estimate of drug-likeness (QED) is 0.787. The molecule has 19 heavy (non-hydrogen) atoms. The molecule has 0 spiro atoms. The second kappa shape index (κ2) is 5.60. The molecule has 0 saturated heterocycles. The molecule has 0 fully saturated rings. The van der Waals surface area contributed by atoms with Crippen molar-refractivity contribution in [3.05, 3.63) is 29.6 Å². The molecule has 0 radical (unpaired) electrons. The predicted molar refractivity (Wildman–Crippen MR) is 67.5 cm³/mol. The zero-order chi connectivity index (χ0) is 13.8. The molecule has 6 heteroatoms. The molecule has 1 aliphatic heterocycles. The van der Waals surface area contributed by atoms with Crippen LogP contribution in [0.5, 0.6) is 0 Å². The highest BCUT2D eigenvalue weighted by molar-refractivity contribution is 6.20. The van der Waals surface area contributed by atoms with E-state index in [4.69, 9.17) is 0 Å². The van der Waals surface area contributed by atoms with Crippen LogP contribution in [0.2, 0.25) is 0 Å². The standard InChI is InChI=1S/C13H15N3O3/c1-2-4-10(17)14-7-8-16-12(18)9-5-3-6-15-11(9)13(16)19/h3,5-6H,2,4,7-8H2,1H3,(H,14,17). The van der Waals surface area contributed by atoms with Gasteiger partial charge in [-0.05, 0) is 18.6 Å². The van der Waals surface area contributed by atoms with Crippen LogP contribution in [0.25, 0.3) is 0 Å². The fourth-order valence-electron chi connectivity index (χ4n) is 1.94.